The SMILES string of the molecule is O=C([O-])/C=C(Cl)/C=C(\Cl)C(=O)[O-]. The summed E-state index contributed by atoms with van der Waals surface area (Å²) >= 11 is 10.3. The molecule has 0 rings (SSSR count). The van der Waals surface area contributed by atoms with Crippen molar-refractivity contribution in [2.45, 2.75) is 0 Å². The fourth-order valence-electron chi connectivity index (χ4n) is 0.334. The largest absolute Gasteiger partial charge is 0.545 e. The summed E-state index contributed by atoms with van der Waals surface area (Å²) < 4.78 is 0. The molecule has 0 aliphatic heterocycles. The fourth-order valence-corrected chi connectivity index (χ4v) is 0.706. The first-order valence-corrected chi connectivity index (χ1v) is 3.36. The predicted octanol–water partition coefficient (Wildman–Crippen LogP) is -1.27. The predicted molar refractivity (Wildman–Crippen MR) is 37.9 cm³/mol. The Morgan fingerprint density at radius 2 is 1.58 bits per heavy atom. The van der Waals surface area contributed by atoms with Crippen LogP contribution in [0.3, 0.4) is 0 Å². The zero-order chi connectivity index (χ0) is 9.72. The van der Waals surface area contributed by atoms with Crippen LogP contribution in [0.4, 0.5) is 0 Å². The Hall–Kier alpha value is -1.00. The van der Waals surface area contributed by atoms with Crippen LogP contribution in [0.5, 0.6) is 0 Å². The fraction of sp³-hybridized carbons (Fsp3) is 0. The number of carbonyl (C=O) groups is 2. The number of allylic oxidation sites excluding steroid dienone is 2. The Morgan fingerprint density at radius 3 is 1.92 bits per heavy atom. The molecule has 0 aliphatic rings. The van der Waals surface area contributed by atoms with Gasteiger partial charge in [-0.3, -0.25) is 0 Å². The quantitative estimate of drug-likeness (QED) is 0.428. The number of carboxylic acids is 2. The average Bonchev–Trinajstić information content (AvgIpc) is 1.84. The molecule has 0 saturated carbocycles. The second-order valence-electron chi connectivity index (χ2n) is 1.63. The summed E-state index contributed by atoms with van der Waals surface area (Å²) in [5.41, 5.74) is 0. The first-order chi connectivity index (χ1) is 5.43. The van der Waals surface area contributed by atoms with E-state index in [1.54, 1.807) is 0 Å². The number of hydrogen-bond donors (Lipinski definition) is 0. The van der Waals surface area contributed by atoms with E-state index in [2.05, 4.69) is 0 Å². The molecular weight excluding hydrogens is 207 g/mol. The molecule has 0 radical (unpaired) electrons. The Morgan fingerprint density at radius 1 is 1.08 bits per heavy atom. The molecule has 6 heteroatoms. The maximum Gasteiger partial charge on any atom is 0.0829 e. The van der Waals surface area contributed by atoms with Gasteiger partial charge in [-0.2, -0.15) is 0 Å². The van der Waals surface area contributed by atoms with E-state index in [1.807, 2.05) is 0 Å². The lowest BCUT2D eigenvalue weighted by Gasteiger charge is -1.98. The van der Waals surface area contributed by atoms with Crippen LogP contribution in [-0.2, 0) is 9.59 Å². The van der Waals surface area contributed by atoms with Crippen molar-refractivity contribution in [2.24, 2.45) is 0 Å². The third-order valence-electron chi connectivity index (χ3n) is 0.715. The summed E-state index contributed by atoms with van der Waals surface area (Å²) in [5, 5.41) is 18.8. The molecule has 0 amide bonds. The molecule has 12 heavy (non-hydrogen) atoms. The van der Waals surface area contributed by atoms with Gasteiger partial charge in [-0.15, -0.1) is 0 Å². The Balaban J connectivity index is 4.54. The number of hydrogen-bond acceptors (Lipinski definition) is 4. The van der Waals surface area contributed by atoms with Crippen molar-refractivity contribution in [2.75, 3.05) is 0 Å². The summed E-state index contributed by atoms with van der Waals surface area (Å²) in [6.45, 7) is 0. The highest BCUT2D eigenvalue weighted by molar-refractivity contribution is 6.42. The van der Waals surface area contributed by atoms with Crippen molar-refractivity contribution < 1.29 is 19.8 Å². The van der Waals surface area contributed by atoms with E-state index in [0.717, 1.165) is 6.08 Å². The highest BCUT2D eigenvalue weighted by Gasteiger charge is 1.93. The van der Waals surface area contributed by atoms with E-state index in [-0.39, 0.29) is 5.03 Å². The molecule has 0 fully saturated rings. The van der Waals surface area contributed by atoms with Gasteiger partial charge in [0.25, 0.3) is 0 Å². The summed E-state index contributed by atoms with van der Waals surface area (Å²) in [6, 6.07) is 0. The normalized spacial score (nSPS) is 12.8. The summed E-state index contributed by atoms with van der Waals surface area (Å²) in [7, 11) is 0. The highest BCUT2D eigenvalue weighted by atomic mass is 35.5. The van der Waals surface area contributed by atoms with Crippen molar-refractivity contribution in [3.63, 3.8) is 0 Å². The zero-order valence-corrected chi connectivity index (χ0v) is 7.06. The number of aliphatic carboxylic acids is 2. The molecule has 0 aliphatic carbocycles. The van der Waals surface area contributed by atoms with E-state index in [9.17, 15) is 19.8 Å². The molecule has 0 atom stereocenters. The van der Waals surface area contributed by atoms with Crippen LogP contribution in [0.25, 0.3) is 0 Å². The molecule has 0 N–H and O–H groups in total. The molecule has 0 aromatic rings. The van der Waals surface area contributed by atoms with Gasteiger partial charge in [0.05, 0.1) is 17.0 Å². The summed E-state index contributed by atoms with van der Waals surface area (Å²) in [5.74, 6) is -3.18. The molecule has 0 unspecified atom stereocenters. The van der Waals surface area contributed by atoms with E-state index in [1.165, 1.54) is 0 Å². The minimum atomic E-state index is -1.64. The van der Waals surface area contributed by atoms with Gasteiger partial charge >= 0.3 is 0 Å². The minimum Gasteiger partial charge on any atom is -0.545 e. The van der Waals surface area contributed by atoms with Crippen LogP contribution in [0.1, 0.15) is 0 Å². The number of rotatable bonds is 3. The van der Waals surface area contributed by atoms with Crippen LogP contribution < -0.4 is 10.2 Å². The third-order valence-corrected chi connectivity index (χ3v) is 1.20. The average molecular weight is 209 g/mol. The van der Waals surface area contributed by atoms with Crippen LogP contribution >= 0.6 is 23.2 Å². The van der Waals surface area contributed by atoms with Gasteiger partial charge in [0.2, 0.25) is 0 Å². The lowest BCUT2D eigenvalue weighted by molar-refractivity contribution is -0.299. The standard InChI is InChI=1S/C6H4Cl2O4/c7-3(2-5(9)10)1-4(8)6(11)12/h1-2H,(H,9,10)(H,11,12)/p-2/b3-2-,4-1-. The maximum atomic E-state index is 9.96. The van der Waals surface area contributed by atoms with Crippen LogP contribution in [0.2, 0.25) is 0 Å². The highest BCUT2D eigenvalue weighted by Crippen LogP contribution is 2.09. The number of halogens is 2. The first kappa shape index (κ1) is 11.0. The summed E-state index contributed by atoms with van der Waals surface area (Å²) in [6.07, 6.45) is 1.22. The van der Waals surface area contributed by atoms with Crippen molar-refractivity contribution in [1.29, 1.82) is 0 Å². The third kappa shape index (κ3) is 4.76. The topological polar surface area (TPSA) is 80.3 Å². The van der Waals surface area contributed by atoms with Crippen molar-refractivity contribution >= 4 is 35.1 Å². The zero-order valence-electron chi connectivity index (χ0n) is 5.54. The first-order valence-electron chi connectivity index (χ1n) is 2.60. The van der Waals surface area contributed by atoms with Gasteiger partial charge in [0.1, 0.15) is 0 Å². The molecular formula is C6H2Cl2O4-2. The van der Waals surface area contributed by atoms with Gasteiger partial charge in [-0.1, -0.05) is 23.2 Å². The van der Waals surface area contributed by atoms with E-state index in [4.69, 9.17) is 23.2 Å². The monoisotopic (exact) mass is 208 g/mol. The Kier molecular flexibility index (Phi) is 4.39. The number of carboxylic acid groups (broad SMARTS) is 2. The molecule has 0 bridgehead atoms. The lowest BCUT2D eigenvalue weighted by atomic mass is 10.4. The minimum absolute atomic E-state index is 0.357. The summed E-state index contributed by atoms with van der Waals surface area (Å²) in [4.78, 5) is 19.8. The molecule has 0 heterocycles. The molecule has 0 aromatic heterocycles. The maximum absolute atomic E-state index is 9.96. The van der Waals surface area contributed by atoms with Crippen LogP contribution in [0, 0.1) is 0 Å². The van der Waals surface area contributed by atoms with E-state index in [0.29, 0.717) is 6.08 Å². The van der Waals surface area contributed by atoms with Gasteiger partial charge in [0.15, 0.2) is 0 Å². The molecule has 0 spiro atoms. The van der Waals surface area contributed by atoms with Crippen molar-refractivity contribution in [1.82, 2.24) is 0 Å². The molecule has 0 aromatic carbocycles. The Bertz CT molecular complexity index is 267. The molecule has 4 nitrogen and oxygen atoms in total. The second-order valence-corrected chi connectivity index (χ2v) is 2.47. The van der Waals surface area contributed by atoms with Crippen LogP contribution in [-0.4, -0.2) is 11.9 Å². The Labute approximate surface area is 77.7 Å². The smallest absolute Gasteiger partial charge is 0.0829 e. The van der Waals surface area contributed by atoms with E-state index < -0.39 is 17.0 Å². The van der Waals surface area contributed by atoms with Gasteiger partial charge in [0, 0.05) is 5.03 Å². The molecule has 66 valence electrons. The second kappa shape index (κ2) is 4.79. The van der Waals surface area contributed by atoms with Gasteiger partial charge < -0.3 is 19.8 Å². The van der Waals surface area contributed by atoms with E-state index >= 15 is 0 Å². The lowest BCUT2D eigenvalue weighted by Crippen LogP contribution is -2.22. The van der Waals surface area contributed by atoms with Crippen molar-refractivity contribution in [3.05, 3.63) is 22.2 Å². The number of carbonyl (C=O) groups excluding carboxylic acids is 2. The van der Waals surface area contributed by atoms with Crippen LogP contribution in [0.15, 0.2) is 22.2 Å². The molecule has 0 saturated heterocycles. The van der Waals surface area contributed by atoms with Gasteiger partial charge in [-0.25, -0.2) is 0 Å². The van der Waals surface area contributed by atoms with Gasteiger partial charge in [-0.05, 0) is 12.2 Å². The van der Waals surface area contributed by atoms with Crippen molar-refractivity contribution in [3.8, 4) is 0 Å².